The lowest BCUT2D eigenvalue weighted by molar-refractivity contribution is -0.121. The van der Waals surface area contributed by atoms with Gasteiger partial charge in [-0.25, -0.2) is 8.78 Å². The Labute approximate surface area is 176 Å². The summed E-state index contributed by atoms with van der Waals surface area (Å²) in [5.74, 6) is -1.31. The van der Waals surface area contributed by atoms with Crippen molar-refractivity contribution in [3.8, 4) is 11.4 Å². The molecule has 1 N–H and O–H groups in total. The van der Waals surface area contributed by atoms with Gasteiger partial charge < -0.3 is 9.84 Å². The Balaban J connectivity index is 1.29. The monoisotopic (exact) mass is 432 g/mol. The van der Waals surface area contributed by atoms with Gasteiger partial charge in [-0.1, -0.05) is 16.8 Å². The largest absolute Gasteiger partial charge is 0.338 e. The minimum Gasteiger partial charge on any atom is -0.338 e. The minimum absolute atomic E-state index is 0.191. The number of aromatic nitrogens is 2. The molecular formula is C21H19ClF2N4O2. The first kappa shape index (κ1) is 20.4. The Bertz CT molecular complexity index is 1030. The maximum atomic E-state index is 13.3. The fourth-order valence-electron chi connectivity index (χ4n) is 3.40. The Morgan fingerprint density at radius 1 is 1.13 bits per heavy atom. The van der Waals surface area contributed by atoms with Gasteiger partial charge in [-0.05, 0) is 62.3 Å². The van der Waals surface area contributed by atoms with E-state index in [4.69, 9.17) is 16.1 Å². The van der Waals surface area contributed by atoms with Crippen LogP contribution in [0.25, 0.3) is 11.4 Å². The summed E-state index contributed by atoms with van der Waals surface area (Å²) in [4.78, 5) is 19.0. The average Bonchev–Trinajstić information content (AvgIpc) is 3.20. The molecule has 2 heterocycles. The van der Waals surface area contributed by atoms with Crippen LogP contribution in [0.15, 0.2) is 47.0 Å². The average molecular weight is 433 g/mol. The summed E-state index contributed by atoms with van der Waals surface area (Å²) in [6.07, 6.45) is 1.29. The van der Waals surface area contributed by atoms with Gasteiger partial charge >= 0.3 is 0 Å². The molecule has 0 aliphatic carbocycles. The minimum atomic E-state index is -0.986. The Morgan fingerprint density at radius 3 is 2.57 bits per heavy atom. The summed E-state index contributed by atoms with van der Waals surface area (Å²) in [5, 5.41) is 7.30. The zero-order chi connectivity index (χ0) is 21.1. The van der Waals surface area contributed by atoms with Crippen LogP contribution in [0.3, 0.4) is 0 Å². The normalized spacial score (nSPS) is 15.3. The molecule has 0 unspecified atom stereocenters. The highest BCUT2D eigenvalue weighted by Gasteiger charge is 2.26. The zero-order valence-electron chi connectivity index (χ0n) is 15.9. The van der Waals surface area contributed by atoms with Crippen molar-refractivity contribution < 1.29 is 18.1 Å². The van der Waals surface area contributed by atoms with Crippen molar-refractivity contribution in [2.45, 2.75) is 19.4 Å². The third kappa shape index (κ3) is 4.83. The van der Waals surface area contributed by atoms with Crippen LogP contribution in [0, 0.1) is 17.6 Å². The standard InChI is InChI=1S/C21H19ClF2N4O2/c22-15-3-1-13(2-4-15)20-26-19(30-27-20)12-28-9-7-14(8-10-28)21(29)25-16-5-6-17(23)18(24)11-16/h1-6,11,14H,7-10,12H2,(H,25,29). The molecule has 30 heavy (non-hydrogen) atoms. The van der Waals surface area contributed by atoms with Gasteiger partial charge in [0.05, 0.1) is 6.54 Å². The van der Waals surface area contributed by atoms with E-state index in [1.807, 2.05) is 12.1 Å². The number of nitrogens with zero attached hydrogens (tertiary/aromatic N) is 3. The number of benzene rings is 2. The molecule has 0 atom stereocenters. The lowest BCUT2D eigenvalue weighted by atomic mass is 9.96. The molecule has 1 fully saturated rings. The van der Waals surface area contributed by atoms with Crippen LogP contribution < -0.4 is 5.32 Å². The molecule has 0 bridgehead atoms. The number of carbonyl (C=O) groups excluding carboxylic acids is 1. The molecule has 1 aliphatic rings. The van der Waals surface area contributed by atoms with Crippen molar-refractivity contribution in [1.29, 1.82) is 0 Å². The van der Waals surface area contributed by atoms with Crippen LogP contribution in [-0.4, -0.2) is 34.0 Å². The predicted molar refractivity (Wildman–Crippen MR) is 108 cm³/mol. The third-order valence-corrected chi connectivity index (χ3v) is 5.33. The molecule has 3 aromatic rings. The van der Waals surface area contributed by atoms with Crippen LogP contribution >= 0.6 is 11.6 Å². The maximum Gasteiger partial charge on any atom is 0.241 e. The number of amides is 1. The summed E-state index contributed by atoms with van der Waals surface area (Å²) in [5.41, 5.74) is 1.07. The van der Waals surface area contributed by atoms with Crippen molar-refractivity contribution in [3.05, 3.63) is 65.0 Å². The van der Waals surface area contributed by atoms with E-state index in [-0.39, 0.29) is 17.5 Å². The summed E-state index contributed by atoms with van der Waals surface area (Å²) >= 11 is 5.89. The van der Waals surface area contributed by atoms with Gasteiger partial charge in [0.2, 0.25) is 17.6 Å². The molecule has 0 saturated carbocycles. The van der Waals surface area contributed by atoms with Crippen molar-refractivity contribution in [3.63, 3.8) is 0 Å². The van der Waals surface area contributed by atoms with Gasteiger partial charge in [0.25, 0.3) is 0 Å². The molecule has 1 amide bonds. The molecular weight excluding hydrogens is 414 g/mol. The Morgan fingerprint density at radius 2 is 1.87 bits per heavy atom. The number of hydrogen-bond donors (Lipinski definition) is 1. The van der Waals surface area contributed by atoms with Gasteiger partial charge in [0.15, 0.2) is 11.6 Å². The molecule has 4 rings (SSSR count). The quantitative estimate of drug-likeness (QED) is 0.642. The molecule has 2 aromatic carbocycles. The fourth-order valence-corrected chi connectivity index (χ4v) is 3.52. The molecule has 1 aliphatic heterocycles. The second-order valence-electron chi connectivity index (χ2n) is 7.19. The van der Waals surface area contributed by atoms with E-state index in [0.717, 1.165) is 17.7 Å². The Hall–Kier alpha value is -2.84. The highest BCUT2D eigenvalue weighted by atomic mass is 35.5. The number of nitrogens with one attached hydrogen (secondary N) is 1. The fraction of sp³-hybridized carbons (Fsp3) is 0.286. The molecule has 0 spiro atoms. The van der Waals surface area contributed by atoms with Crippen molar-refractivity contribution >= 4 is 23.2 Å². The highest BCUT2D eigenvalue weighted by Crippen LogP contribution is 2.23. The van der Waals surface area contributed by atoms with E-state index < -0.39 is 11.6 Å². The topological polar surface area (TPSA) is 71.3 Å². The predicted octanol–water partition coefficient (Wildman–Crippen LogP) is 4.52. The zero-order valence-corrected chi connectivity index (χ0v) is 16.7. The van der Waals surface area contributed by atoms with E-state index in [1.54, 1.807) is 12.1 Å². The molecule has 6 nitrogen and oxygen atoms in total. The smallest absolute Gasteiger partial charge is 0.241 e. The van der Waals surface area contributed by atoms with Crippen LogP contribution in [-0.2, 0) is 11.3 Å². The lowest BCUT2D eigenvalue weighted by Gasteiger charge is -2.30. The SMILES string of the molecule is O=C(Nc1ccc(F)c(F)c1)C1CCN(Cc2nc(-c3ccc(Cl)cc3)no2)CC1. The second-order valence-corrected chi connectivity index (χ2v) is 7.62. The summed E-state index contributed by atoms with van der Waals surface area (Å²) in [6.45, 7) is 1.88. The first-order valence-corrected chi connectivity index (χ1v) is 9.92. The number of piperidine rings is 1. The Kier molecular flexibility index (Phi) is 6.06. The van der Waals surface area contributed by atoms with Crippen LogP contribution in [0.5, 0.6) is 0 Å². The van der Waals surface area contributed by atoms with Crippen LogP contribution in [0.2, 0.25) is 5.02 Å². The lowest BCUT2D eigenvalue weighted by Crippen LogP contribution is -2.37. The van der Waals surface area contributed by atoms with Crippen molar-refractivity contribution in [2.75, 3.05) is 18.4 Å². The highest BCUT2D eigenvalue weighted by molar-refractivity contribution is 6.30. The number of carbonyl (C=O) groups is 1. The second kappa shape index (κ2) is 8.89. The third-order valence-electron chi connectivity index (χ3n) is 5.07. The summed E-state index contributed by atoms with van der Waals surface area (Å²) in [6, 6.07) is 10.5. The van der Waals surface area contributed by atoms with E-state index in [0.29, 0.717) is 49.2 Å². The van der Waals surface area contributed by atoms with Crippen LogP contribution in [0.1, 0.15) is 18.7 Å². The molecule has 0 radical (unpaired) electrons. The van der Waals surface area contributed by atoms with Crippen molar-refractivity contribution in [1.82, 2.24) is 15.0 Å². The van der Waals surface area contributed by atoms with Crippen LogP contribution in [0.4, 0.5) is 14.5 Å². The first-order chi connectivity index (χ1) is 14.5. The number of halogens is 3. The molecule has 1 aromatic heterocycles. The maximum absolute atomic E-state index is 13.3. The van der Waals surface area contributed by atoms with Gasteiger partial charge in [-0.2, -0.15) is 4.98 Å². The van der Waals surface area contributed by atoms with Gasteiger partial charge in [0, 0.05) is 28.3 Å². The van der Waals surface area contributed by atoms with Gasteiger partial charge in [-0.15, -0.1) is 0 Å². The number of hydrogen-bond acceptors (Lipinski definition) is 5. The van der Waals surface area contributed by atoms with E-state index >= 15 is 0 Å². The van der Waals surface area contributed by atoms with E-state index in [1.165, 1.54) is 6.07 Å². The molecule has 1 saturated heterocycles. The van der Waals surface area contributed by atoms with Gasteiger partial charge in [-0.3, -0.25) is 9.69 Å². The first-order valence-electron chi connectivity index (χ1n) is 9.55. The molecule has 9 heteroatoms. The molecule has 156 valence electrons. The number of rotatable bonds is 5. The van der Waals surface area contributed by atoms with E-state index in [9.17, 15) is 13.6 Å². The van der Waals surface area contributed by atoms with E-state index in [2.05, 4.69) is 20.4 Å². The van der Waals surface area contributed by atoms with Crippen molar-refractivity contribution in [2.24, 2.45) is 5.92 Å². The van der Waals surface area contributed by atoms with Gasteiger partial charge in [0.1, 0.15) is 0 Å². The summed E-state index contributed by atoms with van der Waals surface area (Å²) < 4.78 is 31.7. The number of anilines is 1. The summed E-state index contributed by atoms with van der Waals surface area (Å²) in [7, 11) is 0. The number of likely N-dealkylation sites (tertiary alicyclic amines) is 1.